The summed E-state index contributed by atoms with van der Waals surface area (Å²) < 4.78 is 0. The molecule has 1 N–H and O–H groups in total. The molecule has 2 rings (SSSR count). The molecule has 1 saturated heterocycles. The van der Waals surface area contributed by atoms with Crippen LogP contribution in [0.1, 0.15) is 68.3 Å². The Bertz CT molecular complexity index is 570. The van der Waals surface area contributed by atoms with Crippen LogP contribution in [0.5, 0.6) is 0 Å². The number of nitrogens with zero attached hydrogens (tertiary/aromatic N) is 1. The third-order valence-corrected chi connectivity index (χ3v) is 5.31. The summed E-state index contributed by atoms with van der Waals surface area (Å²) in [5.74, 6) is 0.109. The van der Waals surface area contributed by atoms with Gasteiger partial charge in [-0.1, -0.05) is 44.9 Å². The number of aromatic carboxylic acids is 1. The maximum Gasteiger partial charge on any atom is 0.335 e. The third-order valence-electron chi connectivity index (χ3n) is 5.31. The predicted octanol–water partition coefficient (Wildman–Crippen LogP) is 4.38. The summed E-state index contributed by atoms with van der Waals surface area (Å²) in [6, 6.07) is 7.27. The number of carboxylic acids is 1. The molecule has 0 spiro atoms. The van der Waals surface area contributed by atoms with Crippen LogP contribution < -0.4 is 0 Å². The highest BCUT2D eigenvalue weighted by atomic mass is 16.4. The molecule has 0 radical (unpaired) electrons. The molecular weight excluding hydrogens is 314 g/mol. The van der Waals surface area contributed by atoms with Crippen LogP contribution in [-0.4, -0.2) is 35.0 Å². The topological polar surface area (TPSA) is 57.6 Å². The molecule has 0 atom stereocenters. The maximum absolute atomic E-state index is 12.7. The molecule has 4 nitrogen and oxygen atoms in total. The molecule has 1 amide bonds. The molecule has 138 valence electrons. The summed E-state index contributed by atoms with van der Waals surface area (Å²) >= 11 is 0. The van der Waals surface area contributed by atoms with Crippen molar-refractivity contribution in [2.75, 3.05) is 13.1 Å². The highest BCUT2D eigenvalue weighted by Crippen LogP contribution is 2.26. The molecule has 0 aromatic heterocycles. The molecule has 1 aromatic carbocycles. The van der Waals surface area contributed by atoms with Crippen molar-refractivity contribution in [2.45, 2.75) is 58.8 Å². The molecule has 0 saturated carbocycles. The van der Waals surface area contributed by atoms with Crippen LogP contribution in [0, 0.1) is 11.8 Å². The van der Waals surface area contributed by atoms with Crippen LogP contribution >= 0.6 is 0 Å². The molecule has 1 fully saturated rings. The van der Waals surface area contributed by atoms with E-state index in [0.29, 0.717) is 17.4 Å². The van der Waals surface area contributed by atoms with Crippen LogP contribution in [0.4, 0.5) is 0 Å². The van der Waals surface area contributed by atoms with Gasteiger partial charge >= 0.3 is 5.97 Å². The van der Waals surface area contributed by atoms with Crippen molar-refractivity contribution in [2.24, 2.45) is 11.8 Å². The first-order chi connectivity index (χ1) is 12.1. The monoisotopic (exact) mass is 345 g/mol. The Labute approximate surface area is 151 Å². The summed E-state index contributed by atoms with van der Waals surface area (Å²) in [5.41, 5.74) is 1.32. The van der Waals surface area contributed by atoms with Gasteiger partial charge < -0.3 is 10.0 Å². The Hall–Kier alpha value is -1.84. The van der Waals surface area contributed by atoms with Crippen LogP contribution in [0.15, 0.2) is 24.3 Å². The lowest BCUT2D eigenvalue weighted by molar-refractivity contribution is -0.137. The van der Waals surface area contributed by atoms with Gasteiger partial charge in [0.25, 0.3) is 0 Å². The fraction of sp³-hybridized carbons (Fsp3) is 0.619. The van der Waals surface area contributed by atoms with Crippen molar-refractivity contribution in [1.29, 1.82) is 0 Å². The van der Waals surface area contributed by atoms with Crippen LogP contribution in [0.25, 0.3) is 0 Å². The van der Waals surface area contributed by atoms with Gasteiger partial charge in [-0.05, 0) is 49.7 Å². The molecule has 1 heterocycles. The minimum absolute atomic E-state index is 0.180. The van der Waals surface area contributed by atoms with Gasteiger partial charge in [0.1, 0.15) is 0 Å². The van der Waals surface area contributed by atoms with Crippen molar-refractivity contribution in [1.82, 2.24) is 4.90 Å². The second kappa shape index (κ2) is 9.59. The highest BCUT2D eigenvalue weighted by molar-refractivity contribution is 5.89. The van der Waals surface area contributed by atoms with E-state index in [1.54, 1.807) is 12.1 Å². The number of benzene rings is 1. The molecule has 0 unspecified atom stereocenters. The molecule has 1 aliphatic rings. The lowest BCUT2D eigenvalue weighted by atomic mass is 9.87. The Morgan fingerprint density at radius 1 is 1.12 bits per heavy atom. The molecular formula is C21H31NO3. The Kier molecular flexibility index (Phi) is 7.48. The normalized spacial score (nSPS) is 15.6. The van der Waals surface area contributed by atoms with Gasteiger partial charge in [0.2, 0.25) is 5.91 Å². The number of piperidine rings is 1. The second-order valence-corrected chi connectivity index (χ2v) is 7.21. The average molecular weight is 345 g/mol. The van der Waals surface area contributed by atoms with Gasteiger partial charge in [-0.15, -0.1) is 0 Å². The first-order valence-electron chi connectivity index (χ1n) is 9.66. The Balaban J connectivity index is 1.91. The van der Waals surface area contributed by atoms with E-state index in [0.717, 1.165) is 63.6 Å². The largest absolute Gasteiger partial charge is 0.478 e. The van der Waals surface area contributed by atoms with Crippen LogP contribution in [0.3, 0.4) is 0 Å². The van der Waals surface area contributed by atoms with Gasteiger partial charge in [0.15, 0.2) is 0 Å². The SMILES string of the molecule is CCCC(CCC)C(=O)N1CCC(Cc2ccccc2C(=O)O)CC1. The van der Waals surface area contributed by atoms with E-state index in [1.807, 2.05) is 17.0 Å². The highest BCUT2D eigenvalue weighted by Gasteiger charge is 2.27. The number of likely N-dealkylation sites (tertiary alicyclic amines) is 1. The predicted molar refractivity (Wildman–Crippen MR) is 99.7 cm³/mol. The van der Waals surface area contributed by atoms with Gasteiger partial charge in [0, 0.05) is 19.0 Å². The smallest absolute Gasteiger partial charge is 0.335 e. The molecule has 4 heteroatoms. The quantitative estimate of drug-likeness (QED) is 0.760. The molecule has 25 heavy (non-hydrogen) atoms. The number of rotatable bonds is 8. The molecule has 0 bridgehead atoms. The van der Waals surface area contributed by atoms with Crippen LogP contribution in [0.2, 0.25) is 0 Å². The lowest BCUT2D eigenvalue weighted by Crippen LogP contribution is -2.42. The number of carbonyl (C=O) groups is 2. The van der Waals surface area contributed by atoms with E-state index >= 15 is 0 Å². The van der Waals surface area contributed by atoms with Crippen LogP contribution in [-0.2, 0) is 11.2 Å². The average Bonchev–Trinajstić information content (AvgIpc) is 2.62. The van der Waals surface area contributed by atoms with Crippen molar-refractivity contribution >= 4 is 11.9 Å². The van der Waals surface area contributed by atoms with E-state index in [4.69, 9.17) is 0 Å². The number of carbonyl (C=O) groups excluding carboxylic acids is 1. The van der Waals surface area contributed by atoms with Crippen molar-refractivity contribution in [3.8, 4) is 0 Å². The van der Waals surface area contributed by atoms with Crippen molar-refractivity contribution < 1.29 is 14.7 Å². The van der Waals surface area contributed by atoms with E-state index in [-0.39, 0.29) is 5.92 Å². The van der Waals surface area contributed by atoms with E-state index in [1.165, 1.54) is 0 Å². The molecule has 0 aliphatic carbocycles. The summed E-state index contributed by atoms with van der Waals surface area (Å²) in [5, 5.41) is 9.32. The summed E-state index contributed by atoms with van der Waals surface area (Å²) in [6.45, 7) is 5.90. The summed E-state index contributed by atoms with van der Waals surface area (Å²) in [6.07, 6.45) is 6.79. The Morgan fingerprint density at radius 2 is 1.72 bits per heavy atom. The van der Waals surface area contributed by atoms with Crippen molar-refractivity contribution in [3.05, 3.63) is 35.4 Å². The van der Waals surface area contributed by atoms with E-state index < -0.39 is 5.97 Å². The molecule has 1 aliphatic heterocycles. The van der Waals surface area contributed by atoms with Crippen molar-refractivity contribution in [3.63, 3.8) is 0 Å². The van der Waals surface area contributed by atoms with Gasteiger partial charge in [0.05, 0.1) is 5.56 Å². The van der Waals surface area contributed by atoms with Gasteiger partial charge in [-0.3, -0.25) is 4.79 Å². The summed E-state index contributed by atoms with van der Waals surface area (Å²) in [7, 11) is 0. The minimum Gasteiger partial charge on any atom is -0.478 e. The van der Waals surface area contributed by atoms with E-state index in [2.05, 4.69) is 13.8 Å². The first kappa shape index (κ1) is 19.5. The fourth-order valence-electron chi connectivity index (χ4n) is 3.92. The number of amides is 1. The standard InChI is InChI=1S/C21H31NO3/c1-3-7-17(8-4-2)20(23)22-13-11-16(12-14-22)15-18-9-5-6-10-19(18)21(24)25/h5-6,9-10,16-17H,3-4,7-8,11-15H2,1-2H3,(H,24,25). The van der Waals surface area contributed by atoms with E-state index in [9.17, 15) is 14.7 Å². The van der Waals surface area contributed by atoms with Gasteiger partial charge in [-0.2, -0.15) is 0 Å². The summed E-state index contributed by atoms with van der Waals surface area (Å²) in [4.78, 5) is 26.1. The number of hydrogen-bond acceptors (Lipinski definition) is 2. The molecule has 1 aromatic rings. The fourth-order valence-corrected chi connectivity index (χ4v) is 3.92. The minimum atomic E-state index is -0.856. The van der Waals surface area contributed by atoms with Gasteiger partial charge in [-0.25, -0.2) is 4.79 Å². The zero-order chi connectivity index (χ0) is 18.2. The maximum atomic E-state index is 12.7. The zero-order valence-electron chi connectivity index (χ0n) is 15.5. The third kappa shape index (κ3) is 5.32. The lowest BCUT2D eigenvalue weighted by Gasteiger charge is -2.34. The second-order valence-electron chi connectivity index (χ2n) is 7.21. The number of hydrogen-bond donors (Lipinski definition) is 1. The number of carboxylic acid groups (broad SMARTS) is 1. The zero-order valence-corrected chi connectivity index (χ0v) is 15.5. The first-order valence-corrected chi connectivity index (χ1v) is 9.66. The Morgan fingerprint density at radius 3 is 2.28 bits per heavy atom.